The van der Waals surface area contributed by atoms with E-state index < -0.39 is 9.84 Å². The maximum atomic E-state index is 13.3. The minimum Gasteiger partial charge on any atom is -0.367 e. The Balaban J connectivity index is 1.54. The Hall–Kier alpha value is -3.12. The smallest absolute Gasteiger partial charge is 0.258 e. The summed E-state index contributed by atoms with van der Waals surface area (Å²) in [7, 11) is -3.28. The van der Waals surface area contributed by atoms with Crippen molar-refractivity contribution >= 4 is 27.1 Å². The van der Waals surface area contributed by atoms with Crippen molar-refractivity contribution in [2.75, 3.05) is 22.6 Å². The van der Waals surface area contributed by atoms with Crippen LogP contribution in [0.2, 0.25) is 0 Å². The molecular weight excluding hydrogens is 420 g/mol. The highest BCUT2D eigenvalue weighted by atomic mass is 32.2. The second-order valence-electron chi connectivity index (χ2n) is 8.52. The monoisotopic (exact) mass is 448 g/mol. The Bertz CT molecular complexity index is 1220. The first-order valence-corrected chi connectivity index (χ1v) is 12.7. The molecule has 1 aliphatic heterocycles. The zero-order valence-electron chi connectivity index (χ0n) is 18.7. The summed E-state index contributed by atoms with van der Waals surface area (Å²) in [5.41, 5.74) is 5.14. The summed E-state index contributed by atoms with van der Waals surface area (Å²) in [6, 6.07) is 22.7. The topological polar surface area (TPSA) is 57.7 Å². The SMILES string of the molecule is CC(C)N(C(=O)c1ccc(N2CCc3ccccc3C2)cc1)c1ccc(S(C)(=O)=O)cc1. The number of fused-ring (bicyclic) bond motifs is 1. The molecule has 3 aromatic rings. The number of benzene rings is 3. The summed E-state index contributed by atoms with van der Waals surface area (Å²) in [6.45, 7) is 5.72. The first kappa shape index (κ1) is 22.1. The molecule has 0 unspecified atom stereocenters. The van der Waals surface area contributed by atoms with E-state index in [2.05, 4.69) is 29.2 Å². The third-order valence-corrected chi connectivity index (χ3v) is 7.02. The summed E-state index contributed by atoms with van der Waals surface area (Å²) >= 11 is 0. The van der Waals surface area contributed by atoms with Crippen molar-refractivity contribution in [3.8, 4) is 0 Å². The van der Waals surface area contributed by atoms with E-state index in [1.54, 1.807) is 29.2 Å². The zero-order valence-corrected chi connectivity index (χ0v) is 19.5. The first-order valence-electron chi connectivity index (χ1n) is 10.8. The van der Waals surface area contributed by atoms with Crippen LogP contribution in [0.4, 0.5) is 11.4 Å². The summed E-state index contributed by atoms with van der Waals surface area (Å²) in [5, 5.41) is 0. The lowest BCUT2D eigenvalue weighted by atomic mass is 9.99. The van der Waals surface area contributed by atoms with E-state index in [1.165, 1.54) is 17.4 Å². The van der Waals surface area contributed by atoms with Gasteiger partial charge in [-0.1, -0.05) is 24.3 Å². The second-order valence-corrected chi connectivity index (χ2v) is 10.5. The molecule has 1 heterocycles. The summed E-state index contributed by atoms with van der Waals surface area (Å²) < 4.78 is 23.5. The molecule has 0 bridgehead atoms. The van der Waals surface area contributed by atoms with Gasteiger partial charge in [0.1, 0.15) is 0 Å². The molecule has 6 heteroatoms. The third-order valence-electron chi connectivity index (χ3n) is 5.89. The van der Waals surface area contributed by atoms with Crippen LogP contribution in [-0.2, 0) is 22.8 Å². The highest BCUT2D eigenvalue weighted by Gasteiger charge is 2.22. The lowest BCUT2D eigenvalue weighted by Gasteiger charge is -2.31. The van der Waals surface area contributed by atoms with Crippen LogP contribution in [-0.4, -0.2) is 33.2 Å². The largest absolute Gasteiger partial charge is 0.367 e. The number of rotatable bonds is 5. The quantitative estimate of drug-likeness (QED) is 0.567. The van der Waals surface area contributed by atoms with Gasteiger partial charge in [-0.3, -0.25) is 4.79 Å². The van der Waals surface area contributed by atoms with Crippen LogP contribution >= 0.6 is 0 Å². The second kappa shape index (κ2) is 8.79. The minimum atomic E-state index is -3.28. The standard InChI is InChI=1S/C26H28N2O3S/c1-19(2)28(24-12-14-25(15-13-24)32(3,30)31)26(29)21-8-10-23(11-9-21)27-17-16-20-6-4-5-7-22(20)18-27/h4-15,19H,16-18H2,1-3H3. The van der Waals surface area contributed by atoms with Crippen LogP contribution in [0.15, 0.2) is 77.7 Å². The van der Waals surface area contributed by atoms with Gasteiger partial charge in [0, 0.05) is 42.3 Å². The van der Waals surface area contributed by atoms with Crippen molar-refractivity contribution in [2.24, 2.45) is 0 Å². The van der Waals surface area contributed by atoms with E-state index in [4.69, 9.17) is 0 Å². The average molecular weight is 449 g/mol. The van der Waals surface area contributed by atoms with Gasteiger partial charge in [-0.2, -0.15) is 0 Å². The lowest BCUT2D eigenvalue weighted by molar-refractivity contribution is 0.0980. The number of carbonyl (C=O) groups excluding carboxylic acids is 1. The number of amides is 1. The van der Waals surface area contributed by atoms with E-state index in [-0.39, 0.29) is 16.8 Å². The number of hydrogen-bond donors (Lipinski definition) is 0. The molecular formula is C26H28N2O3S. The van der Waals surface area contributed by atoms with Gasteiger partial charge in [-0.05, 0) is 79.9 Å². The van der Waals surface area contributed by atoms with Crippen LogP contribution in [0.3, 0.4) is 0 Å². The van der Waals surface area contributed by atoms with E-state index in [9.17, 15) is 13.2 Å². The summed E-state index contributed by atoms with van der Waals surface area (Å²) in [4.78, 5) is 17.6. The Morgan fingerprint density at radius 3 is 2.12 bits per heavy atom. The predicted molar refractivity (Wildman–Crippen MR) is 129 cm³/mol. The van der Waals surface area contributed by atoms with Gasteiger partial charge in [-0.25, -0.2) is 8.42 Å². The number of nitrogens with zero attached hydrogens (tertiary/aromatic N) is 2. The van der Waals surface area contributed by atoms with Gasteiger partial charge in [-0.15, -0.1) is 0 Å². The molecule has 1 aliphatic rings. The van der Waals surface area contributed by atoms with Crippen molar-refractivity contribution in [1.82, 2.24) is 0 Å². The van der Waals surface area contributed by atoms with Gasteiger partial charge in [0.05, 0.1) is 4.90 Å². The van der Waals surface area contributed by atoms with Gasteiger partial charge < -0.3 is 9.80 Å². The van der Waals surface area contributed by atoms with Gasteiger partial charge in [0.25, 0.3) is 5.91 Å². The van der Waals surface area contributed by atoms with Crippen LogP contribution in [0.5, 0.6) is 0 Å². The van der Waals surface area contributed by atoms with Crippen molar-refractivity contribution in [3.05, 3.63) is 89.5 Å². The molecule has 3 aromatic carbocycles. The van der Waals surface area contributed by atoms with Crippen LogP contribution in [0.25, 0.3) is 0 Å². The maximum Gasteiger partial charge on any atom is 0.258 e. The summed E-state index contributed by atoms with van der Waals surface area (Å²) in [6.07, 6.45) is 2.19. The molecule has 0 radical (unpaired) electrons. The molecule has 0 spiro atoms. The molecule has 0 atom stereocenters. The van der Waals surface area contributed by atoms with Crippen molar-refractivity contribution in [2.45, 2.75) is 37.8 Å². The van der Waals surface area contributed by atoms with Gasteiger partial charge in [0.15, 0.2) is 9.84 Å². The molecule has 0 saturated carbocycles. The number of hydrogen-bond acceptors (Lipinski definition) is 4. The van der Waals surface area contributed by atoms with Crippen molar-refractivity contribution < 1.29 is 13.2 Å². The highest BCUT2D eigenvalue weighted by molar-refractivity contribution is 7.90. The van der Waals surface area contributed by atoms with Crippen molar-refractivity contribution in [1.29, 1.82) is 0 Å². The minimum absolute atomic E-state index is 0.0788. The molecule has 0 aliphatic carbocycles. The lowest BCUT2D eigenvalue weighted by Crippen LogP contribution is -2.37. The molecule has 1 amide bonds. The molecule has 0 N–H and O–H groups in total. The Labute approximate surface area is 190 Å². The molecule has 32 heavy (non-hydrogen) atoms. The van der Waals surface area contributed by atoms with Crippen LogP contribution < -0.4 is 9.80 Å². The molecule has 0 aromatic heterocycles. The Morgan fingerprint density at radius 2 is 1.53 bits per heavy atom. The van der Waals surface area contributed by atoms with E-state index in [0.29, 0.717) is 11.3 Å². The highest BCUT2D eigenvalue weighted by Crippen LogP contribution is 2.26. The van der Waals surface area contributed by atoms with E-state index in [1.807, 2.05) is 38.1 Å². The van der Waals surface area contributed by atoms with Crippen molar-refractivity contribution in [3.63, 3.8) is 0 Å². The molecule has 0 saturated heterocycles. The molecule has 5 nitrogen and oxygen atoms in total. The number of carbonyl (C=O) groups is 1. The maximum absolute atomic E-state index is 13.3. The number of anilines is 2. The number of sulfone groups is 1. The normalized spacial score (nSPS) is 13.7. The summed E-state index contributed by atoms with van der Waals surface area (Å²) in [5.74, 6) is -0.109. The average Bonchev–Trinajstić information content (AvgIpc) is 2.78. The van der Waals surface area contributed by atoms with Crippen LogP contribution in [0.1, 0.15) is 35.3 Å². The fourth-order valence-corrected chi connectivity index (χ4v) is 4.80. The predicted octanol–water partition coefficient (Wildman–Crippen LogP) is 4.71. The Kier molecular flexibility index (Phi) is 6.07. The molecule has 4 rings (SSSR count). The van der Waals surface area contributed by atoms with E-state index >= 15 is 0 Å². The fourth-order valence-electron chi connectivity index (χ4n) is 4.17. The van der Waals surface area contributed by atoms with Gasteiger partial charge >= 0.3 is 0 Å². The van der Waals surface area contributed by atoms with Gasteiger partial charge in [0.2, 0.25) is 0 Å². The zero-order chi connectivity index (χ0) is 22.9. The molecule has 166 valence electrons. The molecule has 0 fully saturated rings. The third kappa shape index (κ3) is 4.55. The first-order chi connectivity index (χ1) is 15.2. The fraction of sp³-hybridized carbons (Fsp3) is 0.269. The Morgan fingerprint density at radius 1 is 0.906 bits per heavy atom. The van der Waals surface area contributed by atoms with Crippen LogP contribution in [0, 0.1) is 0 Å². The van der Waals surface area contributed by atoms with E-state index in [0.717, 1.165) is 25.2 Å².